The Morgan fingerprint density at radius 1 is 1.00 bits per heavy atom. The highest BCUT2D eigenvalue weighted by Crippen LogP contribution is 2.65. The van der Waals surface area contributed by atoms with Crippen LogP contribution in [0.25, 0.3) is 0 Å². The highest BCUT2D eigenvalue weighted by molar-refractivity contribution is 6.40. The molecule has 6 nitrogen and oxygen atoms in total. The molecule has 0 aromatic heterocycles. The third kappa shape index (κ3) is 2.20. The molecule has 0 radical (unpaired) electrons. The quantitative estimate of drug-likeness (QED) is 0.565. The number of carbonyl (C=O) groups excluding carboxylic acids is 2. The number of imide groups is 1. The molecule has 2 saturated heterocycles. The molecule has 32 heavy (non-hydrogen) atoms. The maximum absolute atomic E-state index is 14.1. The molecule has 164 valence electrons. The molecule has 2 aromatic rings. The van der Waals surface area contributed by atoms with Gasteiger partial charge in [-0.05, 0) is 36.2 Å². The lowest BCUT2D eigenvalue weighted by molar-refractivity contribution is -0.124. The lowest BCUT2D eigenvalue weighted by Gasteiger charge is -2.46. The fourth-order valence-corrected chi connectivity index (χ4v) is 6.80. The summed E-state index contributed by atoms with van der Waals surface area (Å²) in [5, 5.41) is 8.37. The molecule has 2 spiro atoms. The summed E-state index contributed by atoms with van der Waals surface area (Å²) in [5.74, 6) is -0.845. The van der Waals surface area contributed by atoms with Gasteiger partial charge in [-0.25, -0.2) is 9.89 Å². The van der Waals surface area contributed by atoms with Crippen molar-refractivity contribution in [2.75, 3.05) is 10.2 Å². The van der Waals surface area contributed by atoms with Crippen LogP contribution in [0.1, 0.15) is 19.4 Å². The zero-order valence-corrected chi connectivity index (χ0v) is 19.9. The molecule has 10 heteroatoms. The van der Waals surface area contributed by atoms with E-state index in [4.69, 9.17) is 51.4 Å². The SMILES string of the molecule is CC(C)C1NC23C(=NC24C(=O)N(c2cc(Cl)cc(Cl)c2)C(=O)C14)Nc1c(Cl)cc(Cl)cc13. The van der Waals surface area contributed by atoms with Crippen LogP contribution in [0.2, 0.25) is 20.1 Å². The number of nitrogens with zero attached hydrogens (tertiary/aromatic N) is 2. The number of amides is 2. The first-order valence-corrected chi connectivity index (χ1v) is 11.6. The number of aliphatic imine (C=N–C) groups is 1. The Bertz CT molecular complexity index is 1270. The Balaban J connectivity index is 1.60. The highest BCUT2D eigenvalue weighted by Gasteiger charge is 2.84. The molecule has 4 aliphatic heterocycles. The largest absolute Gasteiger partial charge is 0.341 e. The molecule has 4 unspecified atom stereocenters. The average molecular weight is 510 g/mol. The van der Waals surface area contributed by atoms with Crippen LogP contribution in [0.5, 0.6) is 0 Å². The second-order valence-electron chi connectivity index (χ2n) is 8.91. The van der Waals surface area contributed by atoms with Crippen LogP contribution in [-0.2, 0) is 15.1 Å². The number of fused-ring (bicyclic) bond motifs is 1. The van der Waals surface area contributed by atoms with E-state index in [2.05, 4.69) is 10.6 Å². The molecular weight excluding hydrogens is 494 g/mol. The van der Waals surface area contributed by atoms with Crippen molar-refractivity contribution in [2.24, 2.45) is 16.8 Å². The summed E-state index contributed by atoms with van der Waals surface area (Å²) < 4.78 is 0. The van der Waals surface area contributed by atoms with Gasteiger partial charge < -0.3 is 5.32 Å². The van der Waals surface area contributed by atoms with Crippen LogP contribution in [-0.4, -0.2) is 29.2 Å². The Morgan fingerprint density at radius 2 is 1.66 bits per heavy atom. The van der Waals surface area contributed by atoms with Crippen molar-refractivity contribution in [3.05, 3.63) is 56.0 Å². The summed E-state index contributed by atoms with van der Waals surface area (Å²) in [7, 11) is 0. The van der Waals surface area contributed by atoms with Crippen LogP contribution < -0.4 is 15.5 Å². The van der Waals surface area contributed by atoms with Crippen LogP contribution in [0.4, 0.5) is 11.4 Å². The van der Waals surface area contributed by atoms with E-state index < -0.39 is 22.9 Å². The van der Waals surface area contributed by atoms with Gasteiger partial charge in [-0.15, -0.1) is 0 Å². The second-order valence-corrected chi connectivity index (χ2v) is 10.6. The van der Waals surface area contributed by atoms with E-state index in [-0.39, 0.29) is 17.9 Å². The molecule has 0 bridgehead atoms. The monoisotopic (exact) mass is 508 g/mol. The van der Waals surface area contributed by atoms with Crippen LogP contribution in [0, 0.1) is 11.8 Å². The number of halogens is 4. The molecule has 4 heterocycles. The van der Waals surface area contributed by atoms with E-state index in [9.17, 15) is 9.59 Å². The maximum Gasteiger partial charge on any atom is 0.265 e. The molecule has 2 aromatic carbocycles. The summed E-state index contributed by atoms with van der Waals surface area (Å²) in [6.45, 7) is 4.02. The first-order chi connectivity index (χ1) is 15.1. The van der Waals surface area contributed by atoms with E-state index in [0.29, 0.717) is 37.3 Å². The minimum Gasteiger partial charge on any atom is -0.341 e. The van der Waals surface area contributed by atoms with Crippen LogP contribution in [0.15, 0.2) is 35.3 Å². The van der Waals surface area contributed by atoms with E-state index in [1.54, 1.807) is 30.3 Å². The Morgan fingerprint density at radius 3 is 2.31 bits per heavy atom. The topological polar surface area (TPSA) is 73.8 Å². The molecule has 4 aliphatic rings. The van der Waals surface area contributed by atoms with Crippen LogP contribution in [0.3, 0.4) is 0 Å². The number of anilines is 2. The van der Waals surface area contributed by atoms with E-state index in [0.717, 1.165) is 5.56 Å². The van der Waals surface area contributed by atoms with E-state index >= 15 is 0 Å². The predicted octanol–water partition coefficient (Wildman–Crippen LogP) is 4.89. The third-order valence-electron chi connectivity index (χ3n) is 6.95. The van der Waals surface area contributed by atoms with Gasteiger partial charge in [0.25, 0.3) is 5.91 Å². The lowest BCUT2D eigenvalue weighted by atomic mass is 9.65. The van der Waals surface area contributed by atoms with Crippen molar-refractivity contribution in [3.63, 3.8) is 0 Å². The predicted molar refractivity (Wildman–Crippen MR) is 126 cm³/mol. The van der Waals surface area contributed by atoms with Gasteiger partial charge in [0.1, 0.15) is 11.4 Å². The number of amidine groups is 1. The van der Waals surface area contributed by atoms with Crippen molar-refractivity contribution < 1.29 is 9.59 Å². The van der Waals surface area contributed by atoms with Crippen molar-refractivity contribution in [3.8, 4) is 0 Å². The van der Waals surface area contributed by atoms with Gasteiger partial charge in [-0.3, -0.25) is 14.9 Å². The summed E-state index contributed by atoms with van der Waals surface area (Å²) >= 11 is 25.2. The standard InChI is InChI=1S/C22H16Cl4N4O2/c1-8(2)16-15-18(31)30(12-4-9(23)3-10(24)5-12)20(32)22(15)21(28-16)13-6-11(25)7-14(26)17(13)27-19(21)29-22/h3-8,15-16,28H,1-2H3,(H,27,29). The van der Waals surface area contributed by atoms with Gasteiger partial charge >= 0.3 is 0 Å². The van der Waals surface area contributed by atoms with Gasteiger partial charge in [0.05, 0.1) is 22.3 Å². The lowest BCUT2D eigenvalue weighted by Crippen LogP contribution is -2.69. The van der Waals surface area contributed by atoms with Crippen molar-refractivity contribution in [1.29, 1.82) is 0 Å². The summed E-state index contributed by atoms with van der Waals surface area (Å²) in [6, 6.07) is 7.78. The number of carbonyl (C=O) groups is 2. The Hall–Kier alpha value is -1.83. The smallest absolute Gasteiger partial charge is 0.265 e. The third-order valence-corrected chi connectivity index (χ3v) is 7.90. The molecule has 2 amide bonds. The molecular formula is C22H16Cl4N4O2. The second kappa shape index (κ2) is 6.39. The van der Waals surface area contributed by atoms with Crippen molar-refractivity contribution in [1.82, 2.24) is 5.32 Å². The molecule has 0 aliphatic carbocycles. The Kier molecular flexibility index (Phi) is 4.15. The summed E-state index contributed by atoms with van der Waals surface area (Å²) in [4.78, 5) is 33.8. The highest BCUT2D eigenvalue weighted by atomic mass is 35.5. The summed E-state index contributed by atoms with van der Waals surface area (Å²) in [5.41, 5.74) is -0.666. The van der Waals surface area contributed by atoms with Crippen LogP contribution >= 0.6 is 46.4 Å². The van der Waals surface area contributed by atoms with Gasteiger partial charge in [-0.1, -0.05) is 60.3 Å². The fraction of sp³-hybridized carbons (Fsp3) is 0.318. The van der Waals surface area contributed by atoms with E-state index in [1.165, 1.54) is 4.90 Å². The number of hydrogen-bond acceptors (Lipinski definition) is 5. The first-order valence-electron chi connectivity index (χ1n) is 10.1. The minimum atomic E-state index is -1.35. The molecule has 2 fully saturated rings. The maximum atomic E-state index is 14.1. The van der Waals surface area contributed by atoms with Gasteiger partial charge in [0, 0.05) is 26.7 Å². The van der Waals surface area contributed by atoms with Crippen molar-refractivity contribution >= 4 is 75.4 Å². The fourth-order valence-electron chi connectivity index (χ4n) is 5.74. The number of hydrogen-bond donors (Lipinski definition) is 2. The number of benzene rings is 2. The molecule has 0 saturated carbocycles. The van der Waals surface area contributed by atoms with Gasteiger partial charge in [0.15, 0.2) is 5.54 Å². The number of nitrogens with one attached hydrogen (secondary N) is 2. The molecule has 2 N–H and O–H groups in total. The van der Waals surface area contributed by atoms with Crippen molar-refractivity contribution in [2.45, 2.75) is 31.0 Å². The van der Waals surface area contributed by atoms with Gasteiger partial charge in [-0.2, -0.15) is 0 Å². The Labute approximate surface area is 203 Å². The summed E-state index contributed by atoms with van der Waals surface area (Å²) in [6.07, 6.45) is 0. The minimum absolute atomic E-state index is 0.0478. The molecule has 4 atom stereocenters. The average Bonchev–Trinajstić information content (AvgIpc) is 3.17. The van der Waals surface area contributed by atoms with E-state index in [1.807, 2.05) is 13.8 Å². The number of rotatable bonds is 2. The normalized spacial score (nSPS) is 31.7. The zero-order chi connectivity index (χ0) is 22.7. The first kappa shape index (κ1) is 20.8. The zero-order valence-electron chi connectivity index (χ0n) is 16.8. The van der Waals surface area contributed by atoms with Gasteiger partial charge in [0.2, 0.25) is 5.91 Å². The molecule has 6 rings (SSSR count).